The highest BCUT2D eigenvalue weighted by Crippen LogP contribution is 2.34. The summed E-state index contributed by atoms with van der Waals surface area (Å²) in [4.78, 5) is 42.7. The number of aromatic nitrogens is 1. The van der Waals surface area contributed by atoms with Gasteiger partial charge in [0.25, 0.3) is 5.91 Å². The fourth-order valence-electron chi connectivity index (χ4n) is 4.56. The second kappa shape index (κ2) is 7.28. The lowest BCUT2D eigenvalue weighted by Gasteiger charge is -2.30. The molecule has 0 radical (unpaired) electrons. The third kappa shape index (κ3) is 3.08. The Morgan fingerprint density at radius 2 is 1.90 bits per heavy atom. The summed E-state index contributed by atoms with van der Waals surface area (Å²) in [5.74, 6) is -0.744. The van der Waals surface area contributed by atoms with Crippen molar-refractivity contribution in [3.8, 4) is 10.6 Å². The molecule has 1 aromatic carbocycles. The number of hydrogen-bond acceptors (Lipinski definition) is 4. The minimum Gasteiger partial charge on any atom is -0.354 e. The van der Waals surface area contributed by atoms with Gasteiger partial charge in [-0.15, -0.1) is 11.3 Å². The summed E-state index contributed by atoms with van der Waals surface area (Å²) >= 11 is 1.59. The topological polar surface area (TPSA) is 94.3 Å². The van der Waals surface area contributed by atoms with Crippen LogP contribution in [0.4, 0.5) is 4.79 Å². The van der Waals surface area contributed by atoms with E-state index < -0.39 is 17.5 Å². The zero-order chi connectivity index (χ0) is 20.7. The number of carbonyl (C=O) groups excluding carboxylic acids is 3. The number of benzene rings is 1. The molecule has 1 saturated carbocycles. The third-order valence-corrected chi connectivity index (χ3v) is 6.91. The predicted molar refractivity (Wildman–Crippen MR) is 115 cm³/mol. The summed E-state index contributed by atoms with van der Waals surface area (Å²) < 4.78 is 0. The fraction of sp³-hybridized carbons (Fsp3) is 0.318. The van der Waals surface area contributed by atoms with E-state index in [1.165, 1.54) is 0 Å². The average Bonchev–Trinajstić information content (AvgIpc) is 3.44. The first-order chi connectivity index (χ1) is 14.6. The van der Waals surface area contributed by atoms with Gasteiger partial charge in [0, 0.05) is 10.9 Å². The Bertz CT molecular complexity index is 1130. The second-order valence-electron chi connectivity index (χ2n) is 7.93. The third-order valence-electron chi connectivity index (χ3n) is 6.02. The molecule has 1 aliphatic heterocycles. The van der Waals surface area contributed by atoms with Crippen LogP contribution in [-0.2, 0) is 16.0 Å². The van der Waals surface area contributed by atoms with Crippen LogP contribution in [0.2, 0.25) is 0 Å². The zero-order valence-corrected chi connectivity index (χ0v) is 17.2. The van der Waals surface area contributed by atoms with Gasteiger partial charge in [0.1, 0.15) is 5.54 Å². The van der Waals surface area contributed by atoms with Crippen LogP contribution in [0, 0.1) is 0 Å². The maximum absolute atomic E-state index is 12.9. The normalized spacial score (nSPS) is 18.2. The maximum Gasteiger partial charge on any atom is 0.344 e. The quantitative estimate of drug-likeness (QED) is 0.559. The lowest BCUT2D eigenvalue weighted by atomic mass is 9.82. The molecule has 1 saturated heterocycles. The number of hydrogen-bond donors (Lipinski definition) is 3. The van der Waals surface area contributed by atoms with Crippen LogP contribution < -0.4 is 10.7 Å². The highest BCUT2D eigenvalue weighted by atomic mass is 32.1. The number of aromatic amines is 1. The minimum absolute atomic E-state index is 0.0569. The first-order valence-electron chi connectivity index (χ1n) is 10.2. The number of thiophene rings is 1. The smallest absolute Gasteiger partial charge is 0.344 e. The van der Waals surface area contributed by atoms with Crippen molar-refractivity contribution in [1.82, 2.24) is 20.7 Å². The largest absolute Gasteiger partial charge is 0.354 e. The number of para-hydroxylation sites is 1. The summed E-state index contributed by atoms with van der Waals surface area (Å²) in [5.41, 5.74) is 4.38. The summed E-state index contributed by atoms with van der Waals surface area (Å²) in [6, 6.07) is 11.2. The molecule has 3 aromatic rings. The van der Waals surface area contributed by atoms with Crippen LogP contribution >= 0.6 is 11.3 Å². The van der Waals surface area contributed by atoms with Crippen LogP contribution in [0.1, 0.15) is 37.7 Å². The number of nitrogens with one attached hydrogen (secondary N) is 3. The number of carbonyl (C=O) groups is 3. The van der Waals surface area contributed by atoms with Gasteiger partial charge in [-0.25, -0.2) is 4.79 Å². The molecule has 1 aliphatic carbocycles. The number of rotatable bonds is 4. The summed E-state index contributed by atoms with van der Waals surface area (Å²) in [6.07, 6.45) is 4.15. The number of H-pyrrole nitrogens is 1. The first-order valence-corrected chi connectivity index (χ1v) is 11.0. The molecule has 3 N–H and O–H groups in total. The molecule has 8 heteroatoms. The molecular weight excluding hydrogens is 400 g/mol. The number of amides is 4. The molecule has 0 atom stereocenters. The number of fused-ring (bicyclic) bond motifs is 1. The monoisotopic (exact) mass is 422 g/mol. The van der Waals surface area contributed by atoms with E-state index in [0.29, 0.717) is 12.8 Å². The van der Waals surface area contributed by atoms with Crippen LogP contribution in [0.3, 0.4) is 0 Å². The van der Waals surface area contributed by atoms with Crippen molar-refractivity contribution >= 4 is 40.1 Å². The number of urea groups is 1. The van der Waals surface area contributed by atoms with Crippen LogP contribution in [0.25, 0.3) is 21.5 Å². The van der Waals surface area contributed by atoms with Crippen molar-refractivity contribution < 1.29 is 14.4 Å². The molecule has 2 aromatic heterocycles. The summed E-state index contributed by atoms with van der Waals surface area (Å²) in [7, 11) is 0. The maximum atomic E-state index is 12.9. The summed E-state index contributed by atoms with van der Waals surface area (Å²) in [5, 5.41) is 6.63. The number of nitrogens with zero attached hydrogens (tertiary/aromatic N) is 1. The second-order valence-corrected chi connectivity index (χ2v) is 8.87. The van der Waals surface area contributed by atoms with Gasteiger partial charge in [0.15, 0.2) is 0 Å². The molecular formula is C22H22N4O3S. The van der Waals surface area contributed by atoms with Crippen LogP contribution in [-0.4, -0.2) is 33.4 Å². The van der Waals surface area contributed by atoms with Crippen LogP contribution in [0.15, 0.2) is 41.8 Å². The highest BCUT2D eigenvalue weighted by Gasteiger charge is 2.52. The lowest BCUT2D eigenvalue weighted by Crippen LogP contribution is -2.51. The molecule has 30 heavy (non-hydrogen) atoms. The van der Waals surface area contributed by atoms with Crippen molar-refractivity contribution in [2.45, 2.75) is 44.1 Å². The number of hydrazine groups is 1. The van der Waals surface area contributed by atoms with Gasteiger partial charge in [-0.1, -0.05) is 43.5 Å². The fourth-order valence-corrected chi connectivity index (χ4v) is 5.31. The average molecular weight is 423 g/mol. The molecule has 5 rings (SSSR count). The van der Waals surface area contributed by atoms with Crippen molar-refractivity contribution in [2.24, 2.45) is 0 Å². The van der Waals surface area contributed by atoms with E-state index >= 15 is 0 Å². The molecule has 2 fully saturated rings. The van der Waals surface area contributed by atoms with E-state index in [1.54, 1.807) is 11.3 Å². The van der Waals surface area contributed by atoms with E-state index in [4.69, 9.17) is 0 Å². The number of imide groups is 1. The van der Waals surface area contributed by atoms with Crippen molar-refractivity contribution in [3.05, 3.63) is 47.3 Å². The Morgan fingerprint density at radius 1 is 1.10 bits per heavy atom. The van der Waals surface area contributed by atoms with E-state index in [9.17, 15) is 14.4 Å². The molecule has 154 valence electrons. The minimum atomic E-state index is -0.856. The van der Waals surface area contributed by atoms with Gasteiger partial charge in [-0.2, -0.15) is 5.01 Å². The first kappa shape index (κ1) is 18.9. The standard InChI is InChI=1S/C22H22N4O3S/c27-18(25-26-20(28)22(24-21(26)29)10-4-1-5-11-22)13-15-14-7-2-3-8-16(14)23-19(15)17-9-6-12-30-17/h2-3,6-9,12,23H,1,4-5,10-11,13H2,(H,24,29)(H,25,27). The molecule has 3 heterocycles. The Hall–Kier alpha value is -3.13. The molecule has 0 bridgehead atoms. The van der Waals surface area contributed by atoms with Gasteiger partial charge >= 0.3 is 6.03 Å². The van der Waals surface area contributed by atoms with Crippen molar-refractivity contribution in [3.63, 3.8) is 0 Å². The van der Waals surface area contributed by atoms with Crippen LogP contribution in [0.5, 0.6) is 0 Å². The lowest BCUT2D eigenvalue weighted by molar-refractivity contribution is -0.139. The highest BCUT2D eigenvalue weighted by molar-refractivity contribution is 7.13. The SMILES string of the molecule is O=C(Cc1c(-c2cccs2)[nH]c2ccccc12)NN1C(=O)NC2(CCCCC2)C1=O. The molecule has 0 unspecified atom stereocenters. The van der Waals surface area contributed by atoms with Crippen molar-refractivity contribution in [1.29, 1.82) is 0 Å². The molecule has 2 aliphatic rings. The van der Waals surface area contributed by atoms with E-state index in [2.05, 4.69) is 15.7 Å². The van der Waals surface area contributed by atoms with Crippen molar-refractivity contribution in [2.75, 3.05) is 0 Å². The molecule has 4 amide bonds. The summed E-state index contributed by atoms with van der Waals surface area (Å²) in [6.45, 7) is 0. The van der Waals surface area contributed by atoms with Gasteiger partial charge in [0.05, 0.1) is 17.0 Å². The van der Waals surface area contributed by atoms with Gasteiger partial charge in [-0.05, 0) is 35.9 Å². The van der Waals surface area contributed by atoms with Gasteiger partial charge in [-0.3, -0.25) is 15.0 Å². The molecule has 1 spiro atoms. The zero-order valence-electron chi connectivity index (χ0n) is 16.4. The van der Waals surface area contributed by atoms with E-state index in [1.807, 2.05) is 41.8 Å². The van der Waals surface area contributed by atoms with E-state index in [0.717, 1.165) is 51.3 Å². The molecule has 7 nitrogen and oxygen atoms in total. The Balaban J connectivity index is 1.40. The van der Waals surface area contributed by atoms with Gasteiger partial charge in [0.2, 0.25) is 5.91 Å². The Kier molecular flexibility index (Phi) is 4.58. The van der Waals surface area contributed by atoms with Gasteiger partial charge < -0.3 is 10.3 Å². The Morgan fingerprint density at radius 3 is 2.67 bits per heavy atom. The predicted octanol–water partition coefficient (Wildman–Crippen LogP) is 3.72. The Labute approximate surface area is 177 Å². The van der Waals surface area contributed by atoms with E-state index in [-0.39, 0.29) is 12.3 Å².